The van der Waals surface area contributed by atoms with Crippen LogP contribution in [-0.4, -0.2) is 11.9 Å². The predicted octanol–water partition coefficient (Wildman–Crippen LogP) is 4.89. The number of nitrogens with zero attached hydrogens (tertiary/aromatic N) is 1. The Morgan fingerprint density at radius 3 is 2.38 bits per heavy atom. The lowest BCUT2D eigenvalue weighted by molar-refractivity contribution is -0.129. The highest BCUT2D eigenvalue weighted by Crippen LogP contribution is 2.22. The van der Waals surface area contributed by atoms with Crippen LogP contribution in [0.1, 0.15) is 16.7 Å². The zero-order valence-corrected chi connectivity index (χ0v) is 15.1. The number of hydrogen-bond donors (Lipinski definition) is 0. The van der Waals surface area contributed by atoms with Crippen molar-refractivity contribution in [2.24, 2.45) is 4.99 Å². The first-order chi connectivity index (χ1) is 14.1. The number of rotatable bonds is 5. The first kappa shape index (κ1) is 18.6. The van der Waals surface area contributed by atoms with Gasteiger partial charge in [-0.05, 0) is 53.6 Å². The fourth-order valence-electron chi connectivity index (χ4n) is 2.72. The Bertz CT molecular complexity index is 1100. The quantitative estimate of drug-likeness (QED) is 0.460. The van der Waals surface area contributed by atoms with E-state index in [-0.39, 0.29) is 23.0 Å². The summed E-state index contributed by atoms with van der Waals surface area (Å²) < 4.78 is 37.5. The molecule has 4 rings (SSSR count). The Morgan fingerprint density at radius 1 is 0.931 bits per heavy atom. The van der Waals surface area contributed by atoms with E-state index in [0.717, 1.165) is 5.56 Å². The third-order valence-corrected chi connectivity index (χ3v) is 4.23. The van der Waals surface area contributed by atoms with E-state index in [4.69, 9.17) is 9.47 Å². The highest BCUT2D eigenvalue weighted by atomic mass is 19.1. The molecule has 0 aromatic heterocycles. The summed E-state index contributed by atoms with van der Waals surface area (Å²) in [5.41, 5.74) is 1.78. The van der Waals surface area contributed by atoms with E-state index in [1.54, 1.807) is 54.6 Å². The molecule has 0 spiro atoms. The molecule has 0 aliphatic carbocycles. The third-order valence-electron chi connectivity index (χ3n) is 4.23. The van der Waals surface area contributed by atoms with Crippen LogP contribution in [0.3, 0.4) is 0 Å². The molecule has 0 saturated heterocycles. The van der Waals surface area contributed by atoms with Gasteiger partial charge in [-0.1, -0.05) is 36.4 Å². The van der Waals surface area contributed by atoms with Gasteiger partial charge in [-0.25, -0.2) is 18.6 Å². The minimum absolute atomic E-state index is 0.0569. The minimum Gasteiger partial charge on any atom is -0.489 e. The van der Waals surface area contributed by atoms with Gasteiger partial charge in [0.05, 0.1) is 5.56 Å². The minimum atomic E-state index is -0.639. The maximum atomic E-state index is 13.9. The standard InChI is InChI=1S/C23H15F2NO3/c24-17-9-5-16(6-10-17)14-28-18-11-7-15(8-12-18)13-21-23(27)29-22(26-21)19-3-1-2-4-20(19)25/h1-13H,14H2. The van der Waals surface area contributed by atoms with Crippen LogP contribution in [-0.2, 0) is 16.1 Å². The topological polar surface area (TPSA) is 47.9 Å². The van der Waals surface area contributed by atoms with Gasteiger partial charge in [-0.2, -0.15) is 0 Å². The molecule has 1 aliphatic rings. The number of halogens is 2. The lowest BCUT2D eigenvalue weighted by Crippen LogP contribution is -2.07. The van der Waals surface area contributed by atoms with Gasteiger partial charge in [-0.3, -0.25) is 0 Å². The van der Waals surface area contributed by atoms with Crippen LogP contribution in [0.15, 0.2) is 83.5 Å². The van der Waals surface area contributed by atoms with Gasteiger partial charge >= 0.3 is 5.97 Å². The van der Waals surface area contributed by atoms with Crippen molar-refractivity contribution in [3.05, 3.63) is 107 Å². The summed E-state index contributed by atoms with van der Waals surface area (Å²) >= 11 is 0. The van der Waals surface area contributed by atoms with Gasteiger partial charge in [0.15, 0.2) is 5.70 Å². The van der Waals surface area contributed by atoms with Crippen molar-refractivity contribution >= 4 is 17.9 Å². The van der Waals surface area contributed by atoms with Gasteiger partial charge in [0.2, 0.25) is 5.90 Å². The van der Waals surface area contributed by atoms with Crippen molar-refractivity contribution in [1.82, 2.24) is 0 Å². The molecule has 29 heavy (non-hydrogen) atoms. The molecule has 3 aromatic rings. The second-order valence-corrected chi connectivity index (χ2v) is 6.30. The molecule has 1 heterocycles. The molecule has 0 fully saturated rings. The highest BCUT2D eigenvalue weighted by Gasteiger charge is 2.25. The number of esters is 1. The van der Waals surface area contributed by atoms with Crippen LogP contribution in [0.25, 0.3) is 6.08 Å². The Balaban J connectivity index is 1.46. The second-order valence-electron chi connectivity index (χ2n) is 6.30. The van der Waals surface area contributed by atoms with Crippen molar-refractivity contribution in [3.8, 4) is 5.75 Å². The highest BCUT2D eigenvalue weighted by molar-refractivity contribution is 6.12. The van der Waals surface area contributed by atoms with Crippen LogP contribution in [0.4, 0.5) is 8.78 Å². The van der Waals surface area contributed by atoms with Gasteiger partial charge in [-0.15, -0.1) is 0 Å². The van der Waals surface area contributed by atoms with E-state index < -0.39 is 11.8 Å². The summed E-state index contributed by atoms with van der Waals surface area (Å²) in [5, 5.41) is 0. The molecular weight excluding hydrogens is 376 g/mol. The molecule has 144 valence electrons. The molecule has 3 aromatic carbocycles. The van der Waals surface area contributed by atoms with Crippen LogP contribution < -0.4 is 4.74 Å². The van der Waals surface area contributed by atoms with Gasteiger partial charge in [0, 0.05) is 0 Å². The number of benzene rings is 3. The number of hydrogen-bond acceptors (Lipinski definition) is 4. The lowest BCUT2D eigenvalue weighted by atomic mass is 10.2. The second kappa shape index (κ2) is 8.06. The van der Waals surface area contributed by atoms with Crippen molar-refractivity contribution in [2.75, 3.05) is 0 Å². The maximum Gasteiger partial charge on any atom is 0.363 e. The Hall–Kier alpha value is -3.80. The molecule has 4 nitrogen and oxygen atoms in total. The first-order valence-electron chi connectivity index (χ1n) is 8.83. The summed E-state index contributed by atoms with van der Waals surface area (Å²) in [6.45, 7) is 0.309. The van der Waals surface area contributed by atoms with E-state index in [1.165, 1.54) is 24.3 Å². The molecule has 0 radical (unpaired) electrons. The summed E-state index contributed by atoms with van der Waals surface area (Å²) in [7, 11) is 0. The Morgan fingerprint density at radius 2 is 1.66 bits per heavy atom. The molecule has 0 N–H and O–H groups in total. The summed E-state index contributed by atoms with van der Waals surface area (Å²) in [6.07, 6.45) is 1.56. The monoisotopic (exact) mass is 391 g/mol. The van der Waals surface area contributed by atoms with Crippen molar-refractivity contribution in [2.45, 2.75) is 6.61 Å². The van der Waals surface area contributed by atoms with Gasteiger partial charge in [0.1, 0.15) is 24.0 Å². The Labute approximate surface area is 165 Å². The number of aliphatic imine (C=N–C) groups is 1. The van der Waals surface area contributed by atoms with Crippen molar-refractivity contribution in [1.29, 1.82) is 0 Å². The average Bonchev–Trinajstić information content (AvgIpc) is 3.09. The molecule has 6 heteroatoms. The van der Waals surface area contributed by atoms with E-state index in [0.29, 0.717) is 17.9 Å². The smallest absolute Gasteiger partial charge is 0.363 e. The number of ether oxygens (including phenoxy) is 2. The fourth-order valence-corrected chi connectivity index (χ4v) is 2.72. The number of carbonyl (C=O) groups is 1. The summed E-state index contributed by atoms with van der Waals surface area (Å²) in [4.78, 5) is 16.2. The average molecular weight is 391 g/mol. The van der Waals surface area contributed by atoms with E-state index >= 15 is 0 Å². The van der Waals surface area contributed by atoms with Crippen LogP contribution in [0.5, 0.6) is 5.75 Å². The Kier molecular flexibility index (Phi) is 5.16. The van der Waals surface area contributed by atoms with Crippen LogP contribution in [0, 0.1) is 11.6 Å². The molecule has 0 amide bonds. The van der Waals surface area contributed by atoms with Crippen LogP contribution >= 0.6 is 0 Å². The van der Waals surface area contributed by atoms with Gasteiger partial charge < -0.3 is 9.47 Å². The molecule has 0 unspecified atom stereocenters. The van der Waals surface area contributed by atoms with Crippen molar-refractivity contribution in [3.63, 3.8) is 0 Å². The molecule has 0 atom stereocenters. The predicted molar refractivity (Wildman–Crippen MR) is 104 cm³/mol. The molecule has 0 saturated carbocycles. The molecule has 0 bridgehead atoms. The maximum absolute atomic E-state index is 13.9. The summed E-state index contributed by atoms with van der Waals surface area (Å²) in [5.74, 6) is -0.875. The first-order valence-corrected chi connectivity index (χ1v) is 8.83. The molecule has 1 aliphatic heterocycles. The lowest BCUT2D eigenvalue weighted by Gasteiger charge is -2.06. The number of cyclic esters (lactones) is 1. The normalized spacial score (nSPS) is 14.6. The SMILES string of the molecule is O=C1OC(c2ccccc2F)=NC1=Cc1ccc(OCc2ccc(F)cc2)cc1. The zero-order chi connectivity index (χ0) is 20.2. The largest absolute Gasteiger partial charge is 0.489 e. The van der Waals surface area contributed by atoms with Gasteiger partial charge in [0.25, 0.3) is 0 Å². The van der Waals surface area contributed by atoms with Crippen molar-refractivity contribution < 1.29 is 23.0 Å². The van der Waals surface area contributed by atoms with E-state index in [9.17, 15) is 13.6 Å². The third kappa shape index (κ3) is 4.38. The zero-order valence-electron chi connectivity index (χ0n) is 15.1. The number of carbonyl (C=O) groups excluding carboxylic acids is 1. The van der Waals surface area contributed by atoms with Crippen LogP contribution in [0.2, 0.25) is 0 Å². The molecular formula is C23H15F2NO3. The van der Waals surface area contributed by atoms with E-state index in [2.05, 4.69) is 4.99 Å². The summed E-state index contributed by atoms with van der Waals surface area (Å²) in [6, 6.07) is 19.1. The fraction of sp³-hybridized carbons (Fsp3) is 0.0435. The van der Waals surface area contributed by atoms with E-state index in [1.807, 2.05) is 0 Å².